The van der Waals surface area contributed by atoms with E-state index in [1.54, 1.807) is 0 Å². The average molecular weight is 604 g/mol. The number of fused-ring (bicyclic) bond motifs is 2. The number of aliphatic hydroxyl groups excluding tert-OH is 1. The normalized spacial score (nSPS) is 17.5. The van der Waals surface area contributed by atoms with Gasteiger partial charge in [0.2, 0.25) is 5.95 Å². The number of piperidine rings is 1. The second kappa shape index (κ2) is 10.8. The molecule has 0 radical (unpaired) electrons. The summed E-state index contributed by atoms with van der Waals surface area (Å²) in [6, 6.07) is 7.00. The molecule has 1 fully saturated rings. The number of rotatable bonds is 6. The number of benzene rings is 3. The Bertz CT molecular complexity index is 1780. The highest BCUT2D eigenvalue weighted by atomic mass is 35.5. The van der Waals surface area contributed by atoms with Crippen molar-refractivity contribution in [3.63, 3.8) is 0 Å². The van der Waals surface area contributed by atoms with Crippen molar-refractivity contribution in [2.24, 2.45) is 0 Å². The predicted molar refractivity (Wildman–Crippen MR) is 150 cm³/mol. The summed E-state index contributed by atoms with van der Waals surface area (Å²) in [5, 5.41) is 16.9. The SMILES string of the molecule is O=S(=O)(Nc1ccc(F)c(-c2cc(F)c3nc(NC4CCNCC4)ncc3c2)c1F)c1cc(Cl)cc2c1CC[C@H]2O. The van der Waals surface area contributed by atoms with Crippen molar-refractivity contribution < 1.29 is 26.7 Å². The Balaban J connectivity index is 1.34. The van der Waals surface area contributed by atoms with E-state index in [0.717, 1.165) is 44.1 Å². The molecule has 2 heterocycles. The second-order valence-electron chi connectivity index (χ2n) is 10.2. The summed E-state index contributed by atoms with van der Waals surface area (Å²) < 4.78 is 74.7. The average Bonchev–Trinajstić information content (AvgIpc) is 3.31. The molecule has 4 N–H and O–H groups in total. The van der Waals surface area contributed by atoms with Crippen LogP contribution in [-0.4, -0.2) is 42.6 Å². The minimum Gasteiger partial charge on any atom is -0.388 e. The van der Waals surface area contributed by atoms with Crippen LogP contribution in [0.25, 0.3) is 22.0 Å². The van der Waals surface area contributed by atoms with Crippen LogP contribution < -0.4 is 15.4 Å². The highest BCUT2D eigenvalue weighted by molar-refractivity contribution is 7.92. The molecule has 1 saturated heterocycles. The maximum absolute atomic E-state index is 15.7. The van der Waals surface area contributed by atoms with Gasteiger partial charge in [0.1, 0.15) is 17.2 Å². The van der Waals surface area contributed by atoms with Crippen LogP contribution in [0.15, 0.2) is 47.5 Å². The third-order valence-electron chi connectivity index (χ3n) is 7.46. The van der Waals surface area contributed by atoms with Gasteiger partial charge in [-0.15, -0.1) is 0 Å². The summed E-state index contributed by atoms with van der Waals surface area (Å²) in [5.74, 6) is -2.80. The number of hydrogen-bond acceptors (Lipinski definition) is 7. The van der Waals surface area contributed by atoms with Crippen molar-refractivity contribution in [2.75, 3.05) is 23.1 Å². The Morgan fingerprint density at radius 1 is 1.02 bits per heavy atom. The van der Waals surface area contributed by atoms with Gasteiger partial charge in [0.05, 0.1) is 22.3 Å². The molecule has 214 valence electrons. The van der Waals surface area contributed by atoms with E-state index in [1.165, 1.54) is 24.4 Å². The van der Waals surface area contributed by atoms with Crippen LogP contribution in [-0.2, 0) is 16.4 Å². The fourth-order valence-corrected chi connectivity index (χ4v) is 7.11. The van der Waals surface area contributed by atoms with Crippen LogP contribution in [0.4, 0.5) is 24.8 Å². The molecular weight excluding hydrogens is 579 g/mol. The standard InChI is InChI=1S/C28H25ClF3N5O3S/c29-16-11-19-18(1-4-23(19)38)24(12-16)41(39,40)37-22-3-2-20(30)25(26(22)32)14-9-15-13-34-28(36-27(15)21(31)10-14)35-17-5-7-33-8-6-17/h2-3,9-13,17,23,33,37-38H,1,4-8H2,(H,34,35,36)/t23-/m1/s1. The molecule has 1 aromatic heterocycles. The first-order valence-corrected chi connectivity index (χ1v) is 14.9. The lowest BCUT2D eigenvalue weighted by Gasteiger charge is -2.23. The van der Waals surface area contributed by atoms with Gasteiger partial charge in [-0.2, -0.15) is 0 Å². The molecule has 3 aromatic carbocycles. The zero-order valence-electron chi connectivity index (χ0n) is 21.5. The Hall–Kier alpha value is -3.45. The van der Waals surface area contributed by atoms with Crippen LogP contribution in [0.5, 0.6) is 0 Å². The molecule has 8 nitrogen and oxygen atoms in total. The van der Waals surface area contributed by atoms with Crippen LogP contribution >= 0.6 is 11.6 Å². The molecule has 6 rings (SSSR count). The van der Waals surface area contributed by atoms with Crippen molar-refractivity contribution in [3.05, 3.63) is 76.2 Å². The molecule has 0 unspecified atom stereocenters. The molecule has 4 aromatic rings. The van der Waals surface area contributed by atoms with Gasteiger partial charge >= 0.3 is 0 Å². The minimum absolute atomic E-state index is 0.0187. The first-order chi connectivity index (χ1) is 19.6. The fourth-order valence-electron chi connectivity index (χ4n) is 5.43. The fraction of sp³-hybridized carbons (Fsp3) is 0.286. The summed E-state index contributed by atoms with van der Waals surface area (Å²) in [4.78, 5) is 8.30. The lowest BCUT2D eigenvalue weighted by molar-refractivity contribution is 0.180. The Morgan fingerprint density at radius 3 is 2.59 bits per heavy atom. The molecule has 0 spiro atoms. The van der Waals surface area contributed by atoms with E-state index in [4.69, 9.17) is 11.6 Å². The number of nitrogens with one attached hydrogen (secondary N) is 3. The summed E-state index contributed by atoms with van der Waals surface area (Å²) in [7, 11) is -4.39. The third kappa shape index (κ3) is 5.32. The van der Waals surface area contributed by atoms with Crippen LogP contribution in [0.3, 0.4) is 0 Å². The number of hydrogen-bond donors (Lipinski definition) is 4. The van der Waals surface area contributed by atoms with Crippen LogP contribution in [0, 0.1) is 17.5 Å². The predicted octanol–water partition coefficient (Wildman–Crippen LogP) is 5.31. The van der Waals surface area contributed by atoms with Gasteiger partial charge in [0.15, 0.2) is 5.82 Å². The first-order valence-electron chi connectivity index (χ1n) is 13.1. The van der Waals surface area contributed by atoms with E-state index < -0.39 is 44.8 Å². The molecule has 1 aliphatic heterocycles. The summed E-state index contributed by atoms with van der Waals surface area (Å²) in [5.41, 5.74) is -0.555. The molecule has 1 aliphatic carbocycles. The van der Waals surface area contributed by atoms with E-state index in [0.29, 0.717) is 17.5 Å². The quantitative estimate of drug-likeness (QED) is 0.236. The number of aromatic nitrogens is 2. The van der Waals surface area contributed by atoms with Crippen LogP contribution in [0.2, 0.25) is 5.02 Å². The maximum Gasteiger partial charge on any atom is 0.262 e. The molecule has 1 atom stereocenters. The van der Waals surface area contributed by atoms with Gasteiger partial charge in [-0.05, 0) is 91.9 Å². The molecule has 0 amide bonds. The number of anilines is 2. The monoisotopic (exact) mass is 603 g/mol. The number of nitrogens with zero attached hydrogens (tertiary/aromatic N) is 2. The Labute approximate surface area is 239 Å². The zero-order valence-corrected chi connectivity index (χ0v) is 23.1. The van der Waals surface area contributed by atoms with Crippen molar-refractivity contribution in [2.45, 2.75) is 42.7 Å². The molecule has 2 aliphatic rings. The lowest BCUT2D eigenvalue weighted by atomic mass is 10.0. The molecule has 0 bridgehead atoms. The van der Waals surface area contributed by atoms with Gasteiger partial charge in [0, 0.05) is 22.6 Å². The van der Waals surface area contributed by atoms with E-state index in [1.807, 2.05) is 0 Å². The van der Waals surface area contributed by atoms with Gasteiger partial charge in [-0.1, -0.05) is 11.6 Å². The summed E-state index contributed by atoms with van der Waals surface area (Å²) in [6.07, 6.45) is 2.84. The molecule has 13 heteroatoms. The maximum atomic E-state index is 15.7. The molecule has 0 saturated carbocycles. The molecular formula is C28H25ClF3N5O3S. The van der Waals surface area contributed by atoms with E-state index in [-0.39, 0.29) is 44.8 Å². The van der Waals surface area contributed by atoms with E-state index in [9.17, 15) is 17.9 Å². The highest BCUT2D eigenvalue weighted by Gasteiger charge is 2.30. The van der Waals surface area contributed by atoms with Crippen LogP contribution in [0.1, 0.15) is 36.5 Å². The summed E-state index contributed by atoms with van der Waals surface area (Å²) in [6.45, 7) is 1.69. The van der Waals surface area contributed by atoms with E-state index >= 15 is 8.78 Å². The van der Waals surface area contributed by atoms with E-state index in [2.05, 4.69) is 25.3 Å². The third-order valence-corrected chi connectivity index (χ3v) is 9.11. The van der Waals surface area contributed by atoms with Gasteiger partial charge in [-0.25, -0.2) is 31.6 Å². The first kappa shape index (κ1) is 27.7. The van der Waals surface area contributed by atoms with Gasteiger partial charge in [-0.3, -0.25) is 4.72 Å². The smallest absolute Gasteiger partial charge is 0.262 e. The highest BCUT2D eigenvalue weighted by Crippen LogP contribution is 2.39. The number of halogens is 4. The second-order valence-corrected chi connectivity index (χ2v) is 12.3. The largest absolute Gasteiger partial charge is 0.388 e. The Kier molecular flexibility index (Phi) is 7.26. The van der Waals surface area contributed by atoms with Gasteiger partial charge in [0.25, 0.3) is 10.0 Å². The lowest BCUT2D eigenvalue weighted by Crippen LogP contribution is -2.35. The molecule has 41 heavy (non-hydrogen) atoms. The van der Waals surface area contributed by atoms with Crippen molar-refractivity contribution in [1.29, 1.82) is 0 Å². The van der Waals surface area contributed by atoms with Crippen molar-refractivity contribution in [3.8, 4) is 11.1 Å². The van der Waals surface area contributed by atoms with Gasteiger partial charge < -0.3 is 15.7 Å². The van der Waals surface area contributed by atoms with Crippen molar-refractivity contribution >= 4 is 44.2 Å². The minimum atomic E-state index is -4.39. The number of sulfonamides is 1. The topological polar surface area (TPSA) is 116 Å². The summed E-state index contributed by atoms with van der Waals surface area (Å²) >= 11 is 6.10. The number of aliphatic hydroxyl groups is 1. The Morgan fingerprint density at radius 2 is 1.80 bits per heavy atom. The zero-order chi connectivity index (χ0) is 28.9. The van der Waals surface area contributed by atoms with Crippen molar-refractivity contribution in [1.82, 2.24) is 15.3 Å².